The number of fused-ring (bicyclic) bond motifs is 1. The van der Waals surface area contributed by atoms with E-state index in [1.54, 1.807) is 31.4 Å². The summed E-state index contributed by atoms with van der Waals surface area (Å²) in [6.45, 7) is 5.93. The molecular weight excluding hydrogens is 441 g/mol. The van der Waals surface area contributed by atoms with Gasteiger partial charge in [-0.1, -0.05) is 32.9 Å². The molecule has 2 amide bonds. The van der Waals surface area contributed by atoms with E-state index >= 15 is 0 Å². The van der Waals surface area contributed by atoms with Crippen LogP contribution in [0.5, 0.6) is 11.6 Å². The molecule has 2 N–H and O–H groups in total. The largest absolute Gasteiger partial charge is 0.497 e. The first-order chi connectivity index (χ1) is 16.1. The van der Waals surface area contributed by atoms with Gasteiger partial charge >= 0.3 is 0 Å². The van der Waals surface area contributed by atoms with Crippen LogP contribution < -0.4 is 10.1 Å². The first kappa shape index (κ1) is 23.3. The molecule has 0 spiro atoms. The normalized spacial score (nSPS) is 15.6. The van der Waals surface area contributed by atoms with Crippen molar-refractivity contribution in [3.63, 3.8) is 0 Å². The fourth-order valence-electron chi connectivity index (χ4n) is 4.15. The summed E-state index contributed by atoms with van der Waals surface area (Å²) >= 11 is 0. The molecule has 1 aliphatic heterocycles. The Balaban J connectivity index is 1.69. The minimum absolute atomic E-state index is 0.187. The van der Waals surface area contributed by atoms with Crippen LogP contribution in [0.3, 0.4) is 0 Å². The van der Waals surface area contributed by atoms with Crippen LogP contribution in [0.4, 0.5) is 10.1 Å². The van der Waals surface area contributed by atoms with E-state index in [0.29, 0.717) is 23.3 Å². The van der Waals surface area contributed by atoms with Gasteiger partial charge in [-0.25, -0.2) is 4.39 Å². The van der Waals surface area contributed by atoms with Crippen molar-refractivity contribution in [3.8, 4) is 11.6 Å². The van der Waals surface area contributed by atoms with Gasteiger partial charge in [0.2, 0.25) is 5.76 Å². The van der Waals surface area contributed by atoms with Gasteiger partial charge < -0.3 is 24.6 Å². The zero-order valence-electron chi connectivity index (χ0n) is 19.4. The molecule has 0 aliphatic carbocycles. The van der Waals surface area contributed by atoms with Crippen LogP contribution in [0, 0.1) is 5.82 Å². The first-order valence-corrected chi connectivity index (χ1v) is 10.8. The molecule has 1 atom stereocenters. The summed E-state index contributed by atoms with van der Waals surface area (Å²) in [4.78, 5) is 28.0. The Morgan fingerprint density at radius 3 is 2.59 bits per heavy atom. The molecule has 0 bridgehead atoms. The molecule has 34 heavy (non-hydrogen) atoms. The topological polar surface area (TPSA) is 105 Å². The zero-order chi connectivity index (χ0) is 24.6. The van der Waals surface area contributed by atoms with Gasteiger partial charge in [-0.15, -0.1) is 0 Å². The quantitative estimate of drug-likeness (QED) is 0.596. The lowest BCUT2D eigenvalue weighted by Gasteiger charge is -2.36. The number of hydrogen-bond donors (Lipinski definition) is 2. The molecule has 0 unspecified atom stereocenters. The maximum Gasteiger partial charge on any atom is 0.293 e. The maximum atomic E-state index is 14.7. The van der Waals surface area contributed by atoms with Gasteiger partial charge in [-0.3, -0.25) is 9.59 Å². The summed E-state index contributed by atoms with van der Waals surface area (Å²) in [6, 6.07) is 9.92. The average molecular weight is 467 g/mol. The number of nitrogens with one attached hydrogen (secondary N) is 1. The molecule has 2 heterocycles. The number of anilines is 1. The molecule has 0 saturated carbocycles. The fourth-order valence-corrected chi connectivity index (χ4v) is 4.15. The number of ether oxygens (including phenoxy) is 1. The summed E-state index contributed by atoms with van der Waals surface area (Å²) in [5.74, 6) is -1.51. The van der Waals surface area contributed by atoms with E-state index in [4.69, 9.17) is 9.26 Å². The van der Waals surface area contributed by atoms with E-state index in [9.17, 15) is 19.1 Å². The Kier molecular flexibility index (Phi) is 6.03. The van der Waals surface area contributed by atoms with Crippen LogP contribution in [0.1, 0.15) is 54.1 Å². The van der Waals surface area contributed by atoms with Gasteiger partial charge in [-0.2, -0.15) is 0 Å². The number of nitrogens with zero attached hydrogens (tertiary/aromatic N) is 2. The minimum atomic E-state index is -1.01. The first-order valence-electron chi connectivity index (χ1n) is 10.8. The third-order valence-electron chi connectivity index (χ3n) is 5.84. The van der Waals surface area contributed by atoms with Crippen LogP contribution in [0.15, 0.2) is 47.0 Å². The van der Waals surface area contributed by atoms with Crippen LogP contribution in [0.25, 0.3) is 0 Å². The second-order valence-corrected chi connectivity index (χ2v) is 9.20. The molecule has 8 nitrogen and oxygen atoms in total. The van der Waals surface area contributed by atoms with E-state index in [1.807, 2.05) is 26.8 Å². The number of carbonyl (C=O) groups is 2. The van der Waals surface area contributed by atoms with Gasteiger partial charge in [-0.05, 0) is 57.9 Å². The van der Waals surface area contributed by atoms with Crippen molar-refractivity contribution in [2.75, 3.05) is 19.0 Å². The van der Waals surface area contributed by atoms with Crippen molar-refractivity contribution in [1.29, 1.82) is 0 Å². The van der Waals surface area contributed by atoms with Gasteiger partial charge in [0.05, 0.1) is 13.2 Å². The monoisotopic (exact) mass is 467 g/mol. The molecule has 0 fully saturated rings. The highest BCUT2D eigenvalue weighted by molar-refractivity contribution is 6.01. The van der Waals surface area contributed by atoms with Crippen LogP contribution in [-0.2, 0) is 16.6 Å². The number of rotatable bonds is 4. The number of methoxy groups -OCH3 is 1. The molecule has 1 aliphatic rings. The van der Waals surface area contributed by atoms with Crippen molar-refractivity contribution in [2.45, 2.75) is 38.6 Å². The molecule has 2 aromatic carbocycles. The Morgan fingerprint density at radius 2 is 1.97 bits per heavy atom. The minimum Gasteiger partial charge on any atom is -0.497 e. The maximum absolute atomic E-state index is 14.7. The Labute approximate surface area is 196 Å². The van der Waals surface area contributed by atoms with E-state index in [0.717, 1.165) is 11.6 Å². The molecule has 9 heteroatoms. The molecule has 0 radical (unpaired) electrons. The van der Waals surface area contributed by atoms with Crippen molar-refractivity contribution in [3.05, 3.63) is 70.7 Å². The Hall–Kier alpha value is -3.88. The molecule has 3 aromatic rings. The third kappa shape index (κ3) is 4.46. The van der Waals surface area contributed by atoms with Crippen molar-refractivity contribution < 1.29 is 28.3 Å². The average Bonchev–Trinajstić information content (AvgIpc) is 3.22. The smallest absolute Gasteiger partial charge is 0.293 e. The summed E-state index contributed by atoms with van der Waals surface area (Å²) in [5, 5.41) is 15.6. The fraction of sp³-hybridized carbons (Fsp3) is 0.320. The Morgan fingerprint density at radius 1 is 1.21 bits per heavy atom. The van der Waals surface area contributed by atoms with Crippen LogP contribution >= 0.6 is 0 Å². The van der Waals surface area contributed by atoms with Crippen molar-refractivity contribution in [1.82, 2.24) is 10.1 Å². The van der Waals surface area contributed by atoms with Gasteiger partial charge in [0, 0.05) is 12.2 Å². The van der Waals surface area contributed by atoms with Crippen LogP contribution in [0.2, 0.25) is 0 Å². The second-order valence-electron chi connectivity index (χ2n) is 9.20. The van der Waals surface area contributed by atoms with Crippen molar-refractivity contribution in [2.24, 2.45) is 0 Å². The number of amides is 2. The molecule has 1 aromatic heterocycles. The number of carbonyl (C=O) groups excluding carboxylic acids is 2. The highest BCUT2D eigenvalue weighted by atomic mass is 19.1. The summed E-state index contributed by atoms with van der Waals surface area (Å²) in [7, 11) is 1.55. The summed E-state index contributed by atoms with van der Waals surface area (Å²) in [5.41, 5.74) is 1.90. The highest BCUT2D eigenvalue weighted by Crippen LogP contribution is 2.35. The number of hydrogen-bond acceptors (Lipinski definition) is 6. The summed E-state index contributed by atoms with van der Waals surface area (Å²) < 4.78 is 24.9. The van der Waals surface area contributed by atoms with Crippen molar-refractivity contribution >= 4 is 17.5 Å². The van der Waals surface area contributed by atoms with Gasteiger partial charge in [0.1, 0.15) is 17.6 Å². The number of aromatic hydroxyl groups is 1. The van der Waals surface area contributed by atoms with Gasteiger partial charge in [0.15, 0.2) is 0 Å². The number of halogens is 1. The number of benzene rings is 2. The van der Waals surface area contributed by atoms with Crippen LogP contribution in [-0.4, -0.2) is 40.6 Å². The lowest BCUT2D eigenvalue weighted by Crippen LogP contribution is -2.45. The summed E-state index contributed by atoms with van der Waals surface area (Å²) in [6.07, 6.45) is 0.483. The lowest BCUT2D eigenvalue weighted by molar-refractivity contribution is -0.121. The SMILES string of the molecule is COc1ccc2c(c1)CCN(C(=O)c1cc(O)no1)[C@H]2C(=O)Nc1ccc(C(C)(C)C)c(F)c1. The van der Waals surface area contributed by atoms with Gasteiger partial charge in [0.25, 0.3) is 17.7 Å². The predicted octanol–water partition coefficient (Wildman–Crippen LogP) is 4.20. The second kappa shape index (κ2) is 8.81. The van der Waals surface area contributed by atoms with E-state index in [2.05, 4.69) is 10.5 Å². The zero-order valence-corrected chi connectivity index (χ0v) is 19.4. The van der Waals surface area contributed by atoms with E-state index < -0.39 is 29.6 Å². The molecular formula is C25H26FN3O5. The predicted molar refractivity (Wildman–Crippen MR) is 122 cm³/mol. The third-order valence-corrected chi connectivity index (χ3v) is 5.84. The Bertz CT molecular complexity index is 1250. The molecule has 178 valence electrons. The molecule has 0 saturated heterocycles. The lowest BCUT2D eigenvalue weighted by atomic mass is 9.86. The van der Waals surface area contributed by atoms with E-state index in [1.165, 1.54) is 11.0 Å². The standard InChI is InChI=1S/C25H26FN3O5/c1-25(2,3)18-8-5-15(12-19(18)26)27-23(31)22-17-7-6-16(33-4)11-14(17)9-10-29(22)24(32)20-13-21(30)28-34-20/h5-8,11-13,22H,9-10H2,1-4H3,(H,27,31)(H,28,30)/t22-/m1/s1. The molecule has 4 rings (SSSR count). The number of aromatic nitrogens is 1. The highest BCUT2D eigenvalue weighted by Gasteiger charge is 2.38. The van der Waals surface area contributed by atoms with E-state index in [-0.39, 0.29) is 23.4 Å².